The van der Waals surface area contributed by atoms with Crippen molar-refractivity contribution in [2.45, 2.75) is 44.0 Å². The standard InChI is InChI=1S/C6H16O3Si.C5H11NO2S/c1-5-6-10(7-2,8-3)9-4;1-5(2,9)3(6)4(7)8/h5-6H2,1-4H3;3,9H,6H2,1-2H3,(H,7,8)/t;3-/m.0/s1. The molecule has 0 saturated carbocycles. The molecular formula is C11H27NO5SSi. The zero-order chi connectivity index (χ0) is 15.7. The van der Waals surface area contributed by atoms with Crippen LogP contribution >= 0.6 is 12.6 Å². The predicted molar refractivity (Wildman–Crippen MR) is 80.6 cm³/mol. The Morgan fingerprint density at radius 2 is 1.68 bits per heavy atom. The molecule has 0 fully saturated rings. The maximum absolute atomic E-state index is 10.2. The van der Waals surface area contributed by atoms with Crippen LogP contribution in [0.2, 0.25) is 6.04 Å². The first-order chi connectivity index (χ1) is 8.60. The molecule has 0 aromatic heterocycles. The summed E-state index contributed by atoms with van der Waals surface area (Å²) in [6, 6.07) is -0.0166. The molecule has 1 atom stereocenters. The summed E-state index contributed by atoms with van der Waals surface area (Å²) in [6.07, 6.45) is 1.03. The number of carboxylic acids is 1. The summed E-state index contributed by atoms with van der Waals surface area (Å²) < 4.78 is 14.9. The minimum absolute atomic E-state index is 0.647. The van der Waals surface area contributed by atoms with E-state index in [0.717, 1.165) is 12.5 Å². The Morgan fingerprint density at radius 3 is 1.74 bits per heavy atom. The molecule has 8 heteroatoms. The zero-order valence-corrected chi connectivity index (χ0v) is 14.5. The Bertz CT molecular complexity index is 248. The van der Waals surface area contributed by atoms with E-state index in [4.69, 9.17) is 24.1 Å². The molecular weight excluding hydrogens is 286 g/mol. The van der Waals surface area contributed by atoms with Crippen LogP contribution in [0, 0.1) is 0 Å². The molecule has 0 bridgehead atoms. The highest BCUT2D eigenvalue weighted by molar-refractivity contribution is 7.81. The van der Waals surface area contributed by atoms with E-state index in [1.165, 1.54) is 0 Å². The van der Waals surface area contributed by atoms with Crippen molar-refractivity contribution in [3.05, 3.63) is 0 Å². The van der Waals surface area contributed by atoms with E-state index in [2.05, 4.69) is 19.6 Å². The molecule has 0 aromatic carbocycles. The number of aliphatic carboxylic acids is 1. The van der Waals surface area contributed by atoms with Crippen molar-refractivity contribution < 1.29 is 23.2 Å². The maximum Gasteiger partial charge on any atom is 0.500 e. The highest BCUT2D eigenvalue weighted by Gasteiger charge is 2.36. The molecule has 0 spiro atoms. The predicted octanol–water partition coefficient (Wildman–Crippen LogP) is 1.38. The smallest absolute Gasteiger partial charge is 0.480 e. The Labute approximate surface area is 122 Å². The van der Waals surface area contributed by atoms with Gasteiger partial charge in [0.25, 0.3) is 0 Å². The van der Waals surface area contributed by atoms with E-state index in [0.29, 0.717) is 0 Å². The Morgan fingerprint density at radius 1 is 1.32 bits per heavy atom. The van der Waals surface area contributed by atoms with Crippen LogP contribution in [0.3, 0.4) is 0 Å². The summed E-state index contributed by atoms with van der Waals surface area (Å²) in [5.74, 6) is -1.02. The van der Waals surface area contributed by atoms with Crippen LogP contribution < -0.4 is 5.73 Å². The monoisotopic (exact) mass is 313 g/mol. The van der Waals surface area contributed by atoms with Gasteiger partial charge in [-0.25, -0.2) is 0 Å². The van der Waals surface area contributed by atoms with Crippen molar-refractivity contribution in [1.82, 2.24) is 0 Å². The fourth-order valence-electron chi connectivity index (χ4n) is 1.16. The normalized spacial score (nSPS) is 13.5. The van der Waals surface area contributed by atoms with Crippen LogP contribution in [0.4, 0.5) is 0 Å². The van der Waals surface area contributed by atoms with E-state index in [-0.39, 0.29) is 0 Å². The van der Waals surface area contributed by atoms with Crippen LogP contribution in [0.5, 0.6) is 0 Å². The topological polar surface area (TPSA) is 91.0 Å². The number of carbonyl (C=O) groups is 1. The van der Waals surface area contributed by atoms with E-state index < -0.39 is 25.6 Å². The van der Waals surface area contributed by atoms with Crippen molar-refractivity contribution in [2.24, 2.45) is 5.73 Å². The van der Waals surface area contributed by atoms with Crippen molar-refractivity contribution >= 4 is 27.4 Å². The van der Waals surface area contributed by atoms with E-state index >= 15 is 0 Å². The van der Waals surface area contributed by atoms with Gasteiger partial charge in [0.05, 0.1) is 0 Å². The fraction of sp³-hybridized carbons (Fsp3) is 0.909. The number of thiol groups is 1. The lowest BCUT2D eigenvalue weighted by atomic mass is 10.1. The first-order valence-electron chi connectivity index (χ1n) is 5.96. The first-order valence-corrected chi connectivity index (χ1v) is 8.34. The SMILES string of the molecule is CC(C)(S)[C@@H](N)C(=O)O.CCC[Si](OC)(OC)OC. The van der Waals surface area contributed by atoms with Crippen LogP contribution in [-0.2, 0) is 18.1 Å². The Hall–Kier alpha value is -0.123. The van der Waals surface area contributed by atoms with Gasteiger partial charge in [0.15, 0.2) is 0 Å². The van der Waals surface area contributed by atoms with Gasteiger partial charge < -0.3 is 24.1 Å². The quantitative estimate of drug-likeness (QED) is 0.486. The largest absolute Gasteiger partial charge is 0.500 e. The van der Waals surface area contributed by atoms with Crippen LogP contribution in [0.1, 0.15) is 27.2 Å². The third-order valence-corrected chi connectivity index (χ3v) is 5.77. The van der Waals surface area contributed by atoms with Crippen LogP contribution in [0.15, 0.2) is 0 Å². The van der Waals surface area contributed by atoms with Gasteiger partial charge in [0.2, 0.25) is 0 Å². The summed E-state index contributed by atoms with van der Waals surface area (Å²) in [5.41, 5.74) is 5.22. The van der Waals surface area contributed by atoms with Crippen LogP contribution in [0.25, 0.3) is 0 Å². The van der Waals surface area contributed by atoms with Gasteiger partial charge in [-0.05, 0) is 13.8 Å². The molecule has 0 unspecified atom stereocenters. The summed E-state index contributed by atoms with van der Waals surface area (Å²) in [6.45, 7) is 5.41. The lowest BCUT2D eigenvalue weighted by Gasteiger charge is -2.23. The van der Waals surface area contributed by atoms with Crippen molar-refractivity contribution in [2.75, 3.05) is 21.3 Å². The average Bonchev–Trinajstić information content (AvgIpc) is 2.35. The number of carboxylic acid groups (broad SMARTS) is 1. The second kappa shape index (κ2) is 9.73. The van der Waals surface area contributed by atoms with Gasteiger partial charge in [-0.2, -0.15) is 12.6 Å². The van der Waals surface area contributed by atoms with Gasteiger partial charge in [0, 0.05) is 32.1 Å². The maximum atomic E-state index is 10.2. The van der Waals surface area contributed by atoms with Crippen molar-refractivity contribution in [1.29, 1.82) is 0 Å². The minimum Gasteiger partial charge on any atom is -0.480 e. The molecule has 116 valence electrons. The minimum atomic E-state index is -2.22. The molecule has 0 radical (unpaired) electrons. The zero-order valence-electron chi connectivity index (χ0n) is 12.6. The number of hydrogen-bond acceptors (Lipinski definition) is 6. The molecule has 0 aliphatic heterocycles. The third kappa shape index (κ3) is 8.61. The van der Waals surface area contributed by atoms with Gasteiger partial charge in [0.1, 0.15) is 6.04 Å². The molecule has 0 aliphatic carbocycles. The molecule has 0 saturated heterocycles. The van der Waals surface area contributed by atoms with Crippen LogP contribution in [-0.4, -0.2) is 52.0 Å². The highest BCUT2D eigenvalue weighted by atomic mass is 32.1. The van der Waals surface area contributed by atoms with Gasteiger partial charge in [-0.1, -0.05) is 13.3 Å². The second-order valence-electron chi connectivity index (χ2n) is 4.51. The lowest BCUT2D eigenvalue weighted by molar-refractivity contribution is -0.139. The molecule has 19 heavy (non-hydrogen) atoms. The van der Waals surface area contributed by atoms with E-state index in [9.17, 15) is 4.79 Å². The number of nitrogens with two attached hydrogens (primary N) is 1. The summed E-state index contributed by atoms with van der Waals surface area (Å²) in [7, 11) is 2.68. The molecule has 3 N–H and O–H groups in total. The van der Waals surface area contributed by atoms with E-state index in [1.807, 2.05) is 0 Å². The Kier molecular flexibility index (Phi) is 10.8. The Balaban J connectivity index is 0. The highest BCUT2D eigenvalue weighted by Crippen LogP contribution is 2.15. The van der Waals surface area contributed by atoms with Crippen molar-refractivity contribution in [3.63, 3.8) is 0 Å². The average molecular weight is 313 g/mol. The number of hydrogen-bond donors (Lipinski definition) is 3. The van der Waals surface area contributed by atoms with Gasteiger partial charge >= 0.3 is 14.8 Å². The molecule has 0 aromatic rings. The van der Waals surface area contributed by atoms with Gasteiger partial charge in [-0.15, -0.1) is 0 Å². The van der Waals surface area contributed by atoms with Gasteiger partial charge in [-0.3, -0.25) is 4.79 Å². The third-order valence-electron chi connectivity index (χ3n) is 2.52. The molecule has 6 nitrogen and oxygen atoms in total. The molecule has 0 amide bonds. The molecule has 0 aliphatic rings. The fourth-order valence-corrected chi connectivity index (χ4v) is 3.00. The van der Waals surface area contributed by atoms with E-state index in [1.54, 1.807) is 35.2 Å². The summed E-state index contributed by atoms with van der Waals surface area (Å²) >= 11 is 3.98. The second-order valence-corrected chi connectivity index (χ2v) is 8.76. The lowest BCUT2D eigenvalue weighted by Crippen LogP contribution is -2.45. The summed E-state index contributed by atoms with van der Waals surface area (Å²) in [5, 5.41) is 8.34. The first kappa shape index (κ1) is 21.2. The molecule has 0 rings (SSSR count). The summed E-state index contributed by atoms with van der Waals surface area (Å²) in [4.78, 5) is 10.2. The number of rotatable bonds is 7. The van der Waals surface area contributed by atoms with Crippen molar-refractivity contribution in [3.8, 4) is 0 Å². The molecule has 0 heterocycles.